The molecule has 1 aromatic carbocycles. The first-order valence-electron chi connectivity index (χ1n) is 10.0. The average molecular weight is 390 g/mol. The molecule has 1 amide bonds. The van der Waals surface area contributed by atoms with Crippen molar-refractivity contribution in [1.82, 2.24) is 19.4 Å². The van der Waals surface area contributed by atoms with Gasteiger partial charge in [0.25, 0.3) is 11.5 Å². The third-order valence-corrected chi connectivity index (χ3v) is 5.82. The van der Waals surface area contributed by atoms with Crippen molar-refractivity contribution < 1.29 is 4.79 Å². The molecule has 0 atom stereocenters. The Morgan fingerprint density at radius 2 is 1.86 bits per heavy atom. The molecular formula is C23H26N4O2. The number of likely N-dealkylation sites (tertiary alicyclic amines) is 1. The number of hydrogen-bond donors (Lipinski definition) is 0. The van der Waals surface area contributed by atoms with Gasteiger partial charge in [0.05, 0.1) is 6.54 Å². The van der Waals surface area contributed by atoms with Crippen LogP contribution >= 0.6 is 0 Å². The highest BCUT2D eigenvalue weighted by Crippen LogP contribution is 2.18. The minimum atomic E-state index is -0.287. The van der Waals surface area contributed by atoms with Crippen molar-refractivity contribution in [2.24, 2.45) is 0 Å². The zero-order valence-corrected chi connectivity index (χ0v) is 16.9. The summed E-state index contributed by atoms with van der Waals surface area (Å²) in [4.78, 5) is 35.0. The van der Waals surface area contributed by atoms with Crippen LogP contribution in [0.15, 0.2) is 59.5 Å². The summed E-state index contributed by atoms with van der Waals surface area (Å²) in [5.74, 6) is -0.211. The summed E-state index contributed by atoms with van der Waals surface area (Å²) in [6.45, 7) is 2.30. The third kappa shape index (κ3) is 3.93. The Kier molecular flexibility index (Phi) is 5.45. The highest BCUT2D eigenvalue weighted by molar-refractivity contribution is 5.97. The molecule has 0 bridgehead atoms. The van der Waals surface area contributed by atoms with Crippen LogP contribution in [0.5, 0.6) is 0 Å². The molecule has 1 aliphatic heterocycles. The number of aromatic nitrogens is 2. The molecule has 6 heteroatoms. The quantitative estimate of drug-likeness (QED) is 0.687. The maximum absolute atomic E-state index is 13.3. The first-order valence-corrected chi connectivity index (χ1v) is 10.0. The summed E-state index contributed by atoms with van der Waals surface area (Å²) in [7, 11) is 3.91. The average Bonchev–Trinajstić information content (AvgIpc) is 2.76. The van der Waals surface area contributed by atoms with E-state index < -0.39 is 0 Å². The molecular weight excluding hydrogens is 364 g/mol. The van der Waals surface area contributed by atoms with Crippen LogP contribution in [0.4, 0.5) is 0 Å². The zero-order valence-electron chi connectivity index (χ0n) is 16.9. The molecule has 0 unspecified atom stereocenters. The van der Waals surface area contributed by atoms with E-state index in [9.17, 15) is 9.59 Å². The zero-order chi connectivity index (χ0) is 20.4. The van der Waals surface area contributed by atoms with E-state index in [0.29, 0.717) is 12.2 Å². The van der Waals surface area contributed by atoms with E-state index in [1.165, 1.54) is 0 Å². The molecule has 0 saturated carbocycles. The summed E-state index contributed by atoms with van der Waals surface area (Å²) in [6.07, 6.45) is 3.52. The maximum Gasteiger partial charge on any atom is 0.265 e. The number of hydrogen-bond acceptors (Lipinski definition) is 4. The molecule has 3 aromatic rings. The van der Waals surface area contributed by atoms with E-state index in [2.05, 4.69) is 16.9 Å². The van der Waals surface area contributed by atoms with Crippen molar-refractivity contribution in [3.8, 4) is 0 Å². The topological polar surface area (TPSA) is 58.4 Å². The number of fused-ring (bicyclic) bond motifs is 1. The Morgan fingerprint density at radius 1 is 1.14 bits per heavy atom. The number of piperidine rings is 1. The standard InChI is InChI=1S/C23H26N4O2/c1-25-13-10-19(11-14-25)26(2)22(28)20-15-18-9-6-12-24-21(18)27(23(20)29)16-17-7-4-3-5-8-17/h3-9,12,15,19H,10-11,13-14,16H2,1-2H3. The van der Waals surface area contributed by atoms with Crippen LogP contribution in [0.3, 0.4) is 0 Å². The summed E-state index contributed by atoms with van der Waals surface area (Å²) >= 11 is 0. The smallest absolute Gasteiger partial charge is 0.265 e. The molecule has 1 fully saturated rings. The maximum atomic E-state index is 13.3. The van der Waals surface area contributed by atoms with Gasteiger partial charge in [-0.05, 0) is 56.7 Å². The van der Waals surface area contributed by atoms with Crippen LogP contribution in [-0.4, -0.2) is 58.5 Å². The lowest BCUT2D eigenvalue weighted by atomic mass is 10.0. The van der Waals surface area contributed by atoms with E-state index in [0.717, 1.165) is 36.9 Å². The number of amides is 1. The number of carbonyl (C=O) groups is 1. The molecule has 4 rings (SSSR count). The monoisotopic (exact) mass is 390 g/mol. The van der Waals surface area contributed by atoms with E-state index in [1.54, 1.807) is 21.7 Å². The van der Waals surface area contributed by atoms with Crippen LogP contribution in [0.25, 0.3) is 11.0 Å². The van der Waals surface area contributed by atoms with Crippen molar-refractivity contribution in [2.75, 3.05) is 27.2 Å². The second-order valence-electron chi connectivity index (χ2n) is 7.80. The molecule has 0 spiro atoms. The fourth-order valence-electron chi connectivity index (χ4n) is 4.01. The molecule has 2 aromatic heterocycles. The van der Waals surface area contributed by atoms with Crippen LogP contribution in [0.2, 0.25) is 0 Å². The Labute approximate surface area is 170 Å². The normalized spacial score (nSPS) is 15.5. The van der Waals surface area contributed by atoms with Crippen LogP contribution in [0.1, 0.15) is 28.8 Å². The molecule has 6 nitrogen and oxygen atoms in total. The molecule has 29 heavy (non-hydrogen) atoms. The van der Waals surface area contributed by atoms with Crippen molar-refractivity contribution in [2.45, 2.75) is 25.4 Å². The van der Waals surface area contributed by atoms with Crippen LogP contribution < -0.4 is 5.56 Å². The Hall–Kier alpha value is -2.99. The van der Waals surface area contributed by atoms with Crippen LogP contribution in [-0.2, 0) is 6.54 Å². The van der Waals surface area contributed by atoms with Gasteiger partial charge in [0.1, 0.15) is 11.2 Å². The lowest BCUT2D eigenvalue weighted by Gasteiger charge is -2.35. The first kappa shape index (κ1) is 19.3. The molecule has 0 N–H and O–H groups in total. The summed E-state index contributed by atoms with van der Waals surface area (Å²) < 4.78 is 1.61. The van der Waals surface area contributed by atoms with Crippen molar-refractivity contribution >= 4 is 16.9 Å². The molecule has 1 saturated heterocycles. The van der Waals surface area contributed by atoms with Crippen molar-refractivity contribution in [3.05, 3.63) is 76.2 Å². The van der Waals surface area contributed by atoms with Crippen molar-refractivity contribution in [3.63, 3.8) is 0 Å². The van der Waals surface area contributed by atoms with E-state index in [1.807, 2.05) is 49.5 Å². The van der Waals surface area contributed by atoms with Gasteiger partial charge in [-0.2, -0.15) is 0 Å². The van der Waals surface area contributed by atoms with Crippen LogP contribution in [0, 0.1) is 0 Å². The van der Waals surface area contributed by atoms with Gasteiger partial charge < -0.3 is 9.80 Å². The number of pyridine rings is 2. The van der Waals surface area contributed by atoms with E-state index in [-0.39, 0.29) is 23.1 Å². The lowest BCUT2D eigenvalue weighted by molar-refractivity contribution is 0.0657. The number of rotatable bonds is 4. The Morgan fingerprint density at radius 3 is 2.59 bits per heavy atom. The first-order chi connectivity index (χ1) is 14.0. The highest BCUT2D eigenvalue weighted by atomic mass is 16.2. The fraction of sp³-hybridized carbons (Fsp3) is 0.348. The van der Waals surface area contributed by atoms with Crippen molar-refractivity contribution in [1.29, 1.82) is 0 Å². The minimum Gasteiger partial charge on any atom is -0.338 e. The highest BCUT2D eigenvalue weighted by Gasteiger charge is 2.27. The number of benzene rings is 1. The predicted molar refractivity (Wildman–Crippen MR) is 114 cm³/mol. The summed E-state index contributed by atoms with van der Waals surface area (Å²) in [5, 5.41) is 0.795. The van der Waals surface area contributed by atoms with Gasteiger partial charge in [-0.1, -0.05) is 30.3 Å². The number of nitrogens with zero attached hydrogens (tertiary/aromatic N) is 4. The minimum absolute atomic E-state index is 0.158. The van der Waals surface area contributed by atoms with Gasteiger partial charge in [0.2, 0.25) is 0 Å². The predicted octanol–water partition coefficient (Wildman–Crippen LogP) is 2.61. The van der Waals surface area contributed by atoms with Gasteiger partial charge in [-0.15, -0.1) is 0 Å². The molecule has 3 heterocycles. The fourth-order valence-corrected chi connectivity index (χ4v) is 4.01. The van der Waals surface area contributed by atoms with E-state index >= 15 is 0 Å². The second kappa shape index (κ2) is 8.17. The molecule has 150 valence electrons. The molecule has 0 aliphatic carbocycles. The summed E-state index contributed by atoms with van der Waals surface area (Å²) in [6, 6.07) is 15.4. The SMILES string of the molecule is CN1CCC(N(C)C(=O)c2cc3cccnc3n(Cc3ccccc3)c2=O)CC1. The molecule has 0 radical (unpaired) electrons. The van der Waals surface area contributed by atoms with Gasteiger partial charge in [0, 0.05) is 24.7 Å². The van der Waals surface area contributed by atoms with Gasteiger partial charge in [0.15, 0.2) is 0 Å². The van der Waals surface area contributed by atoms with Gasteiger partial charge in [-0.3, -0.25) is 14.2 Å². The Bertz CT molecular complexity index is 1070. The molecule has 1 aliphatic rings. The summed E-state index contributed by atoms with van der Waals surface area (Å²) in [5.41, 5.74) is 1.52. The lowest BCUT2D eigenvalue weighted by Crippen LogP contribution is -2.46. The Balaban J connectivity index is 1.74. The van der Waals surface area contributed by atoms with E-state index in [4.69, 9.17) is 0 Å². The number of carbonyl (C=O) groups excluding carboxylic acids is 1. The van der Waals surface area contributed by atoms with Gasteiger partial charge in [-0.25, -0.2) is 4.98 Å². The largest absolute Gasteiger partial charge is 0.338 e. The third-order valence-electron chi connectivity index (χ3n) is 5.82. The second-order valence-corrected chi connectivity index (χ2v) is 7.80. The van der Waals surface area contributed by atoms with Gasteiger partial charge >= 0.3 is 0 Å².